The fourth-order valence-electron chi connectivity index (χ4n) is 1.31. The zero-order valence-electron chi connectivity index (χ0n) is 10.6. The first kappa shape index (κ1) is 16.4. The molecule has 2 aromatic rings. The van der Waals surface area contributed by atoms with Crippen molar-refractivity contribution in [1.82, 2.24) is 9.97 Å². The van der Waals surface area contributed by atoms with E-state index in [1.165, 1.54) is 6.07 Å². The first-order valence-electron chi connectivity index (χ1n) is 5.20. The molecule has 0 fully saturated rings. The van der Waals surface area contributed by atoms with E-state index in [1.54, 1.807) is 6.92 Å². The largest absolute Gasteiger partial charge is 1.00 e. The molecule has 0 saturated carbocycles. The summed E-state index contributed by atoms with van der Waals surface area (Å²) in [5, 5.41) is 0.463. The molecule has 1 aromatic heterocycles. The average molecular weight is 299 g/mol. The van der Waals surface area contributed by atoms with Gasteiger partial charge in [-0.3, -0.25) is 9.79 Å². The fourth-order valence-corrected chi connectivity index (χ4v) is 2.31. The molecule has 0 aliphatic heterocycles. The number of aromatic nitrogens is 2. The van der Waals surface area contributed by atoms with Crippen LogP contribution < -0.4 is 35.1 Å². The number of nitrogens with one attached hydrogen (secondary N) is 1. The maximum absolute atomic E-state index is 11.3. The van der Waals surface area contributed by atoms with Crippen molar-refractivity contribution in [2.45, 2.75) is 12.1 Å². The van der Waals surface area contributed by atoms with Gasteiger partial charge in [0.25, 0.3) is 5.56 Å². The van der Waals surface area contributed by atoms with Gasteiger partial charge < -0.3 is 17.6 Å². The summed E-state index contributed by atoms with van der Waals surface area (Å²) in [6, 6.07) is 10.8. The van der Waals surface area contributed by atoms with Gasteiger partial charge >= 0.3 is 29.6 Å². The van der Waals surface area contributed by atoms with Crippen LogP contribution >= 0.6 is 11.8 Å². The van der Waals surface area contributed by atoms with Crippen LogP contribution in [0.4, 0.5) is 5.69 Å². The third-order valence-corrected chi connectivity index (χ3v) is 3.00. The number of H-pyrrole nitrogens is 1. The van der Waals surface area contributed by atoms with Crippen LogP contribution in [-0.4, -0.2) is 14.3 Å². The minimum atomic E-state index is -0.187. The Bertz CT molecular complexity index is 628. The Kier molecular flexibility index (Phi) is 6.74. The summed E-state index contributed by atoms with van der Waals surface area (Å²) in [5.74, 6) is 0. The number of hydrogen-bond acceptors (Lipinski definition) is 5. The minimum absolute atomic E-state index is 0. The second-order valence-electron chi connectivity index (χ2n) is 3.51. The Labute approximate surface area is 142 Å². The number of thioether (sulfide) groups is 1. The molecule has 1 N–H and O–H groups in total. The van der Waals surface area contributed by atoms with E-state index in [4.69, 9.17) is 12.6 Å². The maximum Gasteiger partial charge on any atom is 1.00 e. The molecular formula is C12H10N3NaOS2. The molecule has 7 heteroatoms. The molecule has 4 nitrogen and oxygen atoms in total. The molecule has 19 heavy (non-hydrogen) atoms. The molecule has 92 valence electrons. The van der Waals surface area contributed by atoms with Crippen molar-refractivity contribution in [3.8, 4) is 0 Å². The maximum atomic E-state index is 11.3. The predicted octanol–water partition coefficient (Wildman–Crippen LogP) is -0.591. The van der Waals surface area contributed by atoms with Gasteiger partial charge in [0.2, 0.25) is 0 Å². The van der Waals surface area contributed by atoms with E-state index in [9.17, 15) is 4.79 Å². The van der Waals surface area contributed by atoms with Gasteiger partial charge in [-0.05, 0) is 23.4 Å². The van der Waals surface area contributed by atoms with E-state index in [0.29, 0.717) is 15.2 Å². The first-order valence-corrected chi connectivity index (χ1v) is 6.42. The summed E-state index contributed by atoms with van der Waals surface area (Å²) >= 11 is 6.30. The van der Waals surface area contributed by atoms with Gasteiger partial charge in [0.15, 0.2) is 5.16 Å². The van der Waals surface area contributed by atoms with Crippen molar-refractivity contribution >= 4 is 34.5 Å². The van der Waals surface area contributed by atoms with Crippen LogP contribution in [0.5, 0.6) is 0 Å². The van der Waals surface area contributed by atoms with Gasteiger partial charge in [0, 0.05) is 11.8 Å². The molecule has 0 radical (unpaired) electrons. The first-order chi connectivity index (χ1) is 8.63. The molecular weight excluding hydrogens is 289 g/mol. The average Bonchev–Trinajstić information content (AvgIpc) is 2.28. The SMILES string of the molecule is Cc1cc(=O)[nH]c(SC([S-])=Nc2ccccc2)n1.[Na+]. The number of aliphatic imine (C=N–C) groups is 1. The standard InChI is InChI=1S/C12H11N3OS2.Na/c1-8-7-10(16)15-11(13-8)18-12(17)14-9-5-3-2-4-6-9;/h2-7H,1H3,(H,14,17)(H,13,15,16);/q;+1/p-1. The third kappa shape index (κ3) is 5.46. The molecule has 2 rings (SSSR count). The van der Waals surface area contributed by atoms with Crippen LogP contribution in [0.1, 0.15) is 5.69 Å². The van der Waals surface area contributed by atoms with Crippen molar-refractivity contribution in [3.63, 3.8) is 0 Å². The summed E-state index contributed by atoms with van der Waals surface area (Å²) in [7, 11) is 0. The summed E-state index contributed by atoms with van der Waals surface area (Å²) < 4.78 is 0.412. The Morgan fingerprint density at radius 3 is 2.68 bits per heavy atom. The number of benzene rings is 1. The van der Waals surface area contributed by atoms with Crippen molar-refractivity contribution in [2.24, 2.45) is 4.99 Å². The van der Waals surface area contributed by atoms with Crippen LogP contribution in [0.3, 0.4) is 0 Å². The van der Waals surface area contributed by atoms with E-state index in [1.807, 2.05) is 30.3 Å². The van der Waals surface area contributed by atoms with Crippen LogP contribution in [0, 0.1) is 6.92 Å². The van der Waals surface area contributed by atoms with Gasteiger partial charge in [-0.25, -0.2) is 4.98 Å². The molecule has 0 aliphatic rings. The number of hydrogen-bond donors (Lipinski definition) is 1. The van der Waals surface area contributed by atoms with Crippen LogP contribution in [-0.2, 0) is 12.6 Å². The van der Waals surface area contributed by atoms with E-state index in [0.717, 1.165) is 17.4 Å². The van der Waals surface area contributed by atoms with Crippen LogP contribution in [0.25, 0.3) is 0 Å². The Balaban J connectivity index is 0.00000180. The van der Waals surface area contributed by atoms with Gasteiger partial charge in [0.1, 0.15) is 0 Å². The molecule has 0 aliphatic carbocycles. The topological polar surface area (TPSA) is 58.1 Å². The monoisotopic (exact) mass is 299 g/mol. The molecule has 0 spiro atoms. The fraction of sp³-hybridized carbons (Fsp3) is 0.0833. The summed E-state index contributed by atoms with van der Waals surface area (Å²) in [6.45, 7) is 1.76. The molecule has 0 saturated heterocycles. The smallest absolute Gasteiger partial charge is 0.753 e. The minimum Gasteiger partial charge on any atom is -0.753 e. The van der Waals surface area contributed by atoms with E-state index in [2.05, 4.69) is 15.0 Å². The van der Waals surface area contributed by atoms with Crippen molar-refractivity contribution in [3.05, 3.63) is 52.4 Å². The zero-order chi connectivity index (χ0) is 13.0. The normalized spacial score (nSPS) is 10.9. The van der Waals surface area contributed by atoms with Crippen molar-refractivity contribution in [1.29, 1.82) is 0 Å². The Morgan fingerprint density at radius 2 is 2.05 bits per heavy atom. The second kappa shape index (κ2) is 7.81. The number of para-hydroxylation sites is 1. The van der Waals surface area contributed by atoms with Crippen molar-refractivity contribution in [2.75, 3.05) is 0 Å². The van der Waals surface area contributed by atoms with Crippen LogP contribution in [0.2, 0.25) is 0 Å². The van der Waals surface area contributed by atoms with Gasteiger partial charge in [-0.1, -0.05) is 30.0 Å². The molecule has 1 heterocycles. The number of aromatic amines is 1. The molecule has 0 atom stereocenters. The number of aryl methyl sites for hydroxylation is 1. The van der Waals surface area contributed by atoms with Gasteiger partial charge in [-0.15, -0.1) is 0 Å². The second-order valence-corrected chi connectivity index (χ2v) is 5.13. The zero-order valence-corrected chi connectivity index (χ0v) is 14.2. The molecule has 1 aromatic carbocycles. The van der Waals surface area contributed by atoms with Crippen LogP contribution in [0.15, 0.2) is 51.3 Å². The molecule has 0 unspecified atom stereocenters. The van der Waals surface area contributed by atoms with Gasteiger partial charge in [0.05, 0.1) is 5.69 Å². The molecule has 0 amide bonds. The molecule has 0 bridgehead atoms. The number of rotatable bonds is 2. The third-order valence-electron chi connectivity index (χ3n) is 2.01. The Morgan fingerprint density at radius 1 is 1.37 bits per heavy atom. The van der Waals surface area contributed by atoms with Crippen molar-refractivity contribution < 1.29 is 29.6 Å². The predicted molar refractivity (Wildman–Crippen MR) is 76.4 cm³/mol. The Hall–Kier alpha value is -0.660. The van der Waals surface area contributed by atoms with E-state index in [-0.39, 0.29) is 35.1 Å². The summed E-state index contributed by atoms with van der Waals surface area (Å²) in [6.07, 6.45) is 0. The number of nitrogens with zero attached hydrogens (tertiary/aromatic N) is 2. The van der Waals surface area contributed by atoms with E-state index < -0.39 is 0 Å². The van der Waals surface area contributed by atoms with Gasteiger partial charge in [-0.2, -0.15) is 0 Å². The van der Waals surface area contributed by atoms with E-state index >= 15 is 0 Å². The quantitative estimate of drug-likeness (QED) is 0.201. The summed E-state index contributed by atoms with van der Waals surface area (Å²) in [4.78, 5) is 22.3. The summed E-state index contributed by atoms with van der Waals surface area (Å²) in [5.41, 5.74) is 1.25.